The first-order valence-electron chi connectivity index (χ1n) is 10.1. The summed E-state index contributed by atoms with van der Waals surface area (Å²) >= 11 is 3.97. The van der Waals surface area contributed by atoms with Crippen molar-refractivity contribution in [2.45, 2.75) is 62.7 Å². The molecule has 0 heterocycles. The van der Waals surface area contributed by atoms with Crippen LogP contribution in [-0.2, 0) is 28.8 Å². The number of thiol groups is 1. The van der Waals surface area contributed by atoms with Crippen LogP contribution in [0.1, 0.15) is 38.5 Å². The lowest BCUT2D eigenvalue weighted by atomic mass is 10.1. The van der Waals surface area contributed by atoms with Crippen molar-refractivity contribution in [3.63, 3.8) is 0 Å². The van der Waals surface area contributed by atoms with Gasteiger partial charge in [-0.05, 0) is 32.2 Å². The number of nitrogens with two attached hydrogens (primary N) is 3. The summed E-state index contributed by atoms with van der Waals surface area (Å²) in [5.74, 6) is -6.28. The van der Waals surface area contributed by atoms with E-state index in [2.05, 4.69) is 28.6 Å². The Morgan fingerprint density at radius 3 is 1.85 bits per heavy atom. The number of carbonyl (C=O) groups excluding carboxylic acids is 4. The summed E-state index contributed by atoms with van der Waals surface area (Å²) in [5, 5.41) is 24.7. The zero-order valence-corrected chi connectivity index (χ0v) is 18.9. The molecule has 0 aliphatic rings. The van der Waals surface area contributed by atoms with Crippen molar-refractivity contribution in [1.82, 2.24) is 16.0 Å². The number of hydrogen-bond acceptors (Lipinski definition) is 9. The monoisotopic (exact) mass is 492 g/mol. The van der Waals surface area contributed by atoms with Crippen LogP contribution in [0.3, 0.4) is 0 Å². The Labute approximate surface area is 195 Å². The number of carboxylic acids is 2. The average molecular weight is 493 g/mol. The van der Waals surface area contributed by atoms with Gasteiger partial charge < -0.3 is 43.4 Å². The summed E-state index contributed by atoms with van der Waals surface area (Å²) in [6.07, 6.45) is -0.106. The molecule has 0 spiro atoms. The quantitative estimate of drug-likeness (QED) is 0.0719. The molecule has 0 aliphatic heterocycles. The molecule has 15 heteroatoms. The summed E-state index contributed by atoms with van der Waals surface area (Å²) in [4.78, 5) is 70.6. The van der Waals surface area contributed by atoms with Crippen LogP contribution in [-0.4, -0.2) is 82.2 Å². The fourth-order valence-corrected chi connectivity index (χ4v) is 2.85. The lowest BCUT2D eigenvalue weighted by Gasteiger charge is -2.24. The molecule has 0 aromatic rings. The van der Waals surface area contributed by atoms with Crippen LogP contribution < -0.4 is 33.2 Å². The number of carbonyl (C=O) groups is 6. The Hall–Kier alpha value is -2.91. The van der Waals surface area contributed by atoms with Crippen molar-refractivity contribution in [1.29, 1.82) is 0 Å². The van der Waals surface area contributed by atoms with E-state index in [9.17, 15) is 33.9 Å². The largest absolute Gasteiger partial charge is 0.481 e. The van der Waals surface area contributed by atoms with Crippen LogP contribution in [0.2, 0.25) is 0 Å². The first-order chi connectivity index (χ1) is 15.4. The maximum atomic E-state index is 12.6. The molecule has 0 saturated heterocycles. The molecule has 0 aromatic carbocycles. The summed E-state index contributed by atoms with van der Waals surface area (Å²) in [6, 6.07) is -5.26. The number of primary amides is 1. The number of carboxylic acid groups (broad SMARTS) is 2. The van der Waals surface area contributed by atoms with Gasteiger partial charge in [0.2, 0.25) is 23.6 Å². The number of amides is 4. The van der Waals surface area contributed by atoms with E-state index in [4.69, 9.17) is 22.3 Å². The van der Waals surface area contributed by atoms with Crippen molar-refractivity contribution in [3.05, 3.63) is 0 Å². The molecule has 11 N–H and O–H groups in total. The fraction of sp³-hybridized carbons (Fsp3) is 0.667. The lowest BCUT2D eigenvalue weighted by Crippen LogP contribution is -2.58. The Balaban J connectivity index is 5.20. The first kappa shape index (κ1) is 30.1. The standard InChI is InChI=1S/C18H32N6O8S/c19-6-2-1-3-10(18(31)32)22-16(29)11(7-13(21)25)23-17(30)12(8-33)24-15(28)9(20)4-5-14(26)27/h9-12,33H,1-8,19-20H2,(H2,21,25)(H,22,29)(H,23,30)(H,24,28)(H,26,27)(H,31,32). The smallest absolute Gasteiger partial charge is 0.326 e. The molecule has 0 aromatic heterocycles. The highest BCUT2D eigenvalue weighted by molar-refractivity contribution is 7.80. The predicted octanol–water partition coefficient (Wildman–Crippen LogP) is -3.35. The number of rotatable bonds is 17. The molecular weight excluding hydrogens is 460 g/mol. The van der Waals surface area contributed by atoms with Crippen LogP contribution in [0.25, 0.3) is 0 Å². The van der Waals surface area contributed by atoms with Crippen LogP contribution in [0.15, 0.2) is 0 Å². The van der Waals surface area contributed by atoms with Gasteiger partial charge in [-0.25, -0.2) is 4.79 Å². The maximum absolute atomic E-state index is 12.6. The molecule has 0 rings (SSSR count). The van der Waals surface area contributed by atoms with Crippen molar-refractivity contribution < 1.29 is 39.0 Å². The lowest BCUT2D eigenvalue weighted by molar-refractivity contribution is -0.142. The normalized spacial score (nSPS) is 14.3. The van der Waals surface area contributed by atoms with Crippen LogP contribution in [0, 0.1) is 0 Å². The van der Waals surface area contributed by atoms with Crippen molar-refractivity contribution in [3.8, 4) is 0 Å². The molecule has 4 amide bonds. The number of aliphatic carboxylic acids is 2. The van der Waals surface area contributed by atoms with Gasteiger partial charge in [0.1, 0.15) is 18.1 Å². The second-order valence-electron chi connectivity index (χ2n) is 7.20. The van der Waals surface area contributed by atoms with Gasteiger partial charge in [0.25, 0.3) is 0 Å². The summed E-state index contributed by atoms with van der Waals surface area (Å²) in [6.45, 7) is 0.345. The average Bonchev–Trinajstić information content (AvgIpc) is 2.73. The second-order valence-corrected chi connectivity index (χ2v) is 7.56. The van der Waals surface area contributed by atoms with E-state index in [1.165, 1.54) is 0 Å². The molecule has 0 bridgehead atoms. The highest BCUT2D eigenvalue weighted by Gasteiger charge is 2.30. The van der Waals surface area contributed by atoms with Crippen LogP contribution in [0.5, 0.6) is 0 Å². The maximum Gasteiger partial charge on any atom is 0.326 e. The molecule has 14 nitrogen and oxygen atoms in total. The number of unbranched alkanes of at least 4 members (excludes halogenated alkanes) is 1. The molecule has 4 unspecified atom stereocenters. The molecule has 0 radical (unpaired) electrons. The minimum absolute atomic E-state index is 0.0824. The zero-order valence-electron chi connectivity index (χ0n) is 18.0. The summed E-state index contributed by atoms with van der Waals surface area (Å²) in [5.41, 5.74) is 16.1. The molecule has 0 saturated carbocycles. The van der Waals surface area contributed by atoms with Gasteiger partial charge >= 0.3 is 11.9 Å². The van der Waals surface area contributed by atoms with Gasteiger partial charge in [-0.1, -0.05) is 0 Å². The minimum atomic E-state index is -1.51. The molecule has 0 fully saturated rings. The number of nitrogens with one attached hydrogen (secondary N) is 3. The van der Waals surface area contributed by atoms with E-state index in [0.717, 1.165) is 0 Å². The minimum Gasteiger partial charge on any atom is -0.481 e. The topological polar surface area (TPSA) is 257 Å². The first-order valence-corrected chi connectivity index (χ1v) is 10.8. The second kappa shape index (κ2) is 15.8. The number of hydrogen-bond donors (Lipinski definition) is 9. The Bertz CT molecular complexity index is 722. The molecule has 188 valence electrons. The molecule has 0 aliphatic carbocycles. The van der Waals surface area contributed by atoms with Crippen molar-refractivity contribution in [2.24, 2.45) is 17.2 Å². The Morgan fingerprint density at radius 2 is 1.36 bits per heavy atom. The molecule has 4 atom stereocenters. The third kappa shape index (κ3) is 12.6. The van der Waals surface area contributed by atoms with E-state index in [0.29, 0.717) is 19.4 Å². The van der Waals surface area contributed by atoms with Gasteiger partial charge in [-0.2, -0.15) is 12.6 Å². The summed E-state index contributed by atoms with van der Waals surface area (Å²) in [7, 11) is 0. The van der Waals surface area contributed by atoms with Gasteiger partial charge in [0, 0.05) is 12.2 Å². The van der Waals surface area contributed by atoms with E-state index in [1.54, 1.807) is 0 Å². The van der Waals surface area contributed by atoms with Crippen molar-refractivity contribution in [2.75, 3.05) is 12.3 Å². The fourth-order valence-electron chi connectivity index (χ4n) is 2.59. The van der Waals surface area contributed by atoms with Crippen LogP contribution >= 0.6 is 12.6 Å². The van der Waals surface area contributed by atoms with E-state index < -0.39 is 66.2 Å². The zero-order chi connectivity index (χ0) is 25.6. The van der Waals surface area contributed by atoms with E-state index in [1.807, 2.05) is 0 Å². The van der Waals surface area contributed by atoms with E-state index >= 15 is 0 Å². The molecular formula is C18H32N6O8S. The Morgan fingerprint density at radius 1 is 0.818 bits per heavy atom. The van der Waals surface area contributed by atoms with Crippen LogP contribution in [0.4, 0.5) is 0 Å². The van der Waals surface area contributed by atoms with Gasteiger partial charge in [0.15, 0.2) is 0 Å². The van der Waals surface area contributed by atoms with Crippen molar-refractivity contribution >= 4 is 48.2 Å². The third-order valence-electron chi connectivity index (χ3n) is 4.42. The van der Waals surface area contributed by atoms with Gasteiger partial charge in [0.05, 0.1) is 12.5 Å². The molecule has 33 heavy (non-hydrogen) atoms. The van der Waals surface area contributed by atoms with E-state index in [-0.39, 0.29) is 25.0 Å². The summed E-state index contributed by atoms with van der Waals surface area (Å²) < 4.78 is 0. The van der Waals surface area contributed by atoms with Gasteiger partial charge in [-0.3, -0.25) is 24.0 Å². The van der Waals surface area contributed by atoms with Gasteiger partial charge in [-0.15, -0.1) is 0 Å². The third-order valence-corrected chi connectivity index (χ3v) is 4.79. The SMILES string of the molecule is NCCCCC(NC(=O)C(CC(N)=O)NC(=O)C(CS)NC(=O)C(N)CCC(=O)O)C(=O)O. The Kier molecular flexibility index (Phi) is 14.4. The highest BCUT2D eigenvalue weighted by atomic mass is 32.1. The highest BCUT2D eigenvalue weighted by Crippen LogP contribution is 2.04. The predicted molar refractivity (Wildman–Crippen MR) is 119 cm³/mol.